The molecule has 0 bridgehead atoms. The Bertz CT molecular complexity index is 1070. The number of benzene rings is 2. The number of hydrogen-bond acceptors (Lipinski definition) is 5. The van der Waals surface area contributed by atoms with Crippen molar-refractivity contribution in [3.05, 3.63) is 90.3 Å². The Hall–Kier alpha value is -3.23. The van der Waals surface area contributed by atoms with Crippen LogP contribution in [0, 0.1) is 0 Å². The van der Waals surface area contributed by atoms with E-state index in [0.29, 0.717) is 18.1 Å². The molecule has 0 radical (unpaired) electrons. The van der Waals surface area contributed by atoms with Gasteiger partial charge in [0, 0.05) is 6.20 Å². The molecule has 0 unspecified atom stereocenters. The van der Waals surface area contributed by atoms with Gasteiger partial charge in [0.15, 0.2) is 0 Å². The summed E-state index contributed by atoms with van der Waals surface area (Å²) in [6, 6.07) is 19.8. The van der Waals surface area contributed by atoms with Gasteiger partial charge in [0.05, 0.1) is 23.7 Å². The van der Waals surface area contributed by atoms with Crippen molar-refractivity contribution in [1.82, 2.24) is 15.0 Å². The van der Waals surface area contributed by atoms with Gasteiger partial charge in [-0.15, -0.1) is 0 Å². The van der Waals surface area contributed by atoms with Crippen LogP contribution in [0.4, 0.5) is 0 Å². The maximum Gasteiger partial charge on any atom is 0.241 e. The van der Waals surface area contributed by atoms with Gasteiger partial charge in [-0.05, 0) is 55.3 Å². The van der Waals surface area contributed by atoms with Crippen molar-refractivity contribution in [1.29, 1.82) is 0 Å². The zero-order valence-corrected chi connectivity index (χ0v) is 18.0. The number of amides is 1. The third-order valence-corrected chi connectivity index (χ3v) is 6.00. The van der Waals surface area contributed by atoms with E-state index in [4.69, 9.17) is 4.74 Å². The molecule has 7 nitrogen and oxygen atoms in total. The lowest BCUT2D eigenvalue weighted by Crippen LogP contribution is -2.47. The first kappa shape index (κ1) is 22.5. The number of nitrogens with zero attached hydrogens (tertiary/aromatic N) is 1. The van der Waals surface area contributed by atoms with Crippen LogP contribution >= 0.6 is 0 Å². The first-order valence-corrected chi connectivity index (χ1v) is 11.4. The van der Waals surface area contributed by atoms with E-state index < -0.39 is 22.0 Å². The summed E-state index contributed by atoms with van der Waals surface area (Å²) < 4.78 is 33.8. The van der Waals surface area contributed by atoms with Gasteiger partial charge < -0.3 is 10.1 Å². The van der Waals surface area contributed by atoms with Gasteiger partial charge >= 0.3 is 0 Å². The second-order valence-electron chi connectivity index (χ2n) is 6.81. The number of ether oxygens (including phenoxy) is 1. The van der Waals surface area contributed by atoms with Crippen molar-refractivity contribution >= 4 is 15.9 Å². The van der Waals surface area contributed by atoms with E-state index in [2.05, 4.69) is 15.0 Å². The molecule has 1 aromatic heterocycles. The normalized spacial score (nSPS) is 12.2. The zero-order valence-electron chi connectivity index (χ0n) is 17.2. The molecule has 0 aliphatic rings. The predicted molar refractivity (Wildman–Crippen MR) is 118 cm³/mol. The van der Waals surface area contributed by atoms with Crippen LogP contribution < -0.4 is 14.8 Å². The summed E-state index contributed by atoms with van der Waals surface area (Å²) in [6.07, 6.45) is 1.85. The molecular formula is C23H25N3O4S. The molecule has 31 heavy (non-hydrogen) atoms. The molecule has 1 heterocycles. The quantitative estimate of drug-likeness (QED) is 0.506. The van der Waals surface area contributed by atoms with Gasteiger partial charge in [-0.2, -0.15) is 4.72 Å². The largest absolute Gasteiger partial charge is 0.494 e. The Morgan fingerprint density at radius 2 is 1.71 bits per heavy atom. The summed E-state index contributed by atoms with van der Waals surface area (Å²) in [7, 11) is -3.92. The number of rotatable bonds is 10. The lowest BCUT2D eigenvalue weighted by molar-refractivity contribution is -0.122. The van der Waals surface area contributed by atoms with E-state index in [9.17, 15) is 13.2 Å². The van der Waals surface area contributed by atoms with Crippen molar-refractivity contribution in [3.63, 3.8) is 0 Å². The lowest BCUT2D eigenvalue weighted by Gasteiger charge is -2.19. The van der Waals surface area contributed by atoms with E-state index in [1.807, 2.05) is 43.3 Å². The predicted octanol–water partition coefficient (Wildman–Crippen LogP) is 2.69. The molecule has 0 saturated carbocycles. The van der Waals surface area contributed by atoms with E-state index in [-0.39, 0.29) is 17.9 Å². The van der Waals surface area contributed by atoms with Crippen LogP contribution in [0.1, 0.15) is 18.2 Å². The molecule has 3 aromatic rings. The standard InChI is InChI=1S/C23H25N3O4S/c1-2-30-20-11-13-21(14-12-20)31(28,29)26-22(16-18-8-4-3-5-9-18)23(27)25-17-19-10-6-7-15-24-19/h3-15,22,26H,2,16-17H2,1H3,(H,25,27)/t22-/m0/s1. The maximum absolute atomic E-state index is 12.9. The van der Waals surface area contributed by atoms with Gasteiger partial charge in [0.25, 0.3) is 0 Å². The lowest BCUT2D eigenvalue weighted by atomic mass is 10.1. The van der Waals surface area contributed by atoms with Crippen LogP contribution in [0.5, 0.6) is 5.75 Å². The Balaban J connectivity index is 1.77. The third-order valence-electron chi connectivity index (χ3n) is 4.51. The molecule has 0 fully saturated rings. The zero-order chi connectivity index (χ0) is 22.1. The summed E-state index contributed by atoms with van der Waals surface area (Å²) in [5.74, 6) is 0.152. The van der Waals surface area contributed by atoms with Crippen molar-refractivity contribution < 1.29 is 17.9 Å². The summed E-state index contributed by atoms with van der Waals surface area (Å²) in [4.78, 5) is 17.1. The topological polar surface area (TPSA) is 97.4 Å². The number of carbonyl (C=O) groups excluding carboxylic acids is 1. The number of pyridine rings is 1. The fourth-order valence-corrected chi connectivity index (χ4v) is 4.17. The van der Waals surface area contributed by atoms with Crippen LogP contribution in [-0.4, -0.2) is 32.0 Å². The van der Waals surface area contributed by atoms with Crippen molar-refractivity contribution in [2.24, 2.45) is 0 Å². The van der Waals surface area contributed by atoms with E-state index >= 15 is 0 Å². The number of carbonyl (C=O) groups is 1. The van der Waals surface area contributed by atoms with E-state index in [0.717, 1.165) is 5.56 Å². The maximum atomic E-state index is 12.9. The minimum Gasteiger partial charge on any atom is -0.494 e. The first-order valence-electron chi connectivity index (χ1n) is 9.94. The minimum atomic E-state index is -3.92. The van der Waals surface area contributed by atoms with Crippen LogP contribution in [0.25, 0.3) is 0 Å². The second-order valence-corrected chi connectivity index (χ2v) is 8.52. The highest BCUT2D eigenvalue weighted by atomic mass is 32.2. The Morgan fingerprint density at radius 3 is 2.35 bits per heavy atom. The molecule has 0 spiro atoms. The molecule has 162 valence electrons. The highest BCUT2D eigenvalue weighted by molar-refractivity contribution is 7.89. The third kappa shape index (κ3) is 6.63. The SMILES string of the molecule is CCOc1ccc(S(=O)(=O)N[C@@H](Cc2ccccc2)C(=O)NCc2ccccn2)cc1. The molecule has 3 rings (SSSR count). The molecule has 2 N–H and O–H groups in total. The average Bonchev–Trinajstić information content (AvgIpc) is 2.79. The minimum absolute atomic E-state index is 0.0616. The molecule has 8 heteroatoms. The Labute approximate surface area is 182 Å². The average molecular weight is 440 g/mol. The summed E-state index contributed by atoms with van der Waals surface area (Å²) in [5, 5.41) is 2.77. The number of hydrogen-bond donors (Lipinski definition) is 2. The summed E-state index contributed by atoms with van der Waals surface area (Å²) in [5.41, 5.74) is 1.53. The second kappa shape index (κ2) is 10.7. The summed E-state index contributed by atoms with van der Waals surface area (Å²) in [6.45, 7) is 2.54. The van der Waals surface area contributed by atoms with Gasteiger partial charge in [-0.1, -0.05) is 36.4 Å². The smallest absolute Gasteiger partial charge is 0.241 e. The fourth-order valence-electron chi connectivity index (χ4n) is 2.98. The van der Waals surface area contributed by atoms with E-state index in [1.165, 1.54) is 12.1 Å². The molecule has 1 amide bonds. The van der Waals surface area contributed by atoms with Crippen LogP contribution in [0.2, 0.25) is 0 Å². The van der Waals surface area contributed by atoms with Crippen molar-refractivity contribution in [2.45, 2.75) is 30.8 Å². The summed E-state index contributed by atoms with van der Waals surface area (Å²) >= 11 is 0. The molecule has 1 atom stereocenters. The van der Waals surface area contributed by atoms with Gasteiger partial charge in [-0.25, -0.2) is 8.42 Å². The number of sulfonamides is 1. The van der Waals surface area contributed by atoms with Gasteiger partial charge in [0.2, 0.25) is 15.9 Å². The monoisotopic (exact) mass is 439 g/mol. The fraction of sp³-hybridized carbons (Fsp3) is 0.217. The van der Waals surface area contributed by atoms with Crippen molar-refractivity contribution in [2.75, 3.05) is 6.61 Å². The highest BCUT2D eigenvalue weighted by Crippen LogP contribution is 2.17. The Morgan fingerprint density at radius 1 is 1.00 bits per heavy atom. The highest BCUT2D eigenvalue weighted by Gasteiger charge is 2.26. The van der Waals surface area contributed by atoms with Gasteiger partial charge in [0.1, 0.15) is 11.8 Å². The number of nitrogens with one attached hydrogen (secondary N) is 2. The molecule has 0 aliphatic heterocycles. The van der Waals surface area contributed by atoms with E-state index in [1.54, 1.807) is 30.5 Å². The Kier molecular flexibility index (Phi) is 7.75. The van der Waals surface area contributed by atoms with Crippen LogP contribution in [0.3, 0.4) is 0 Å². The molecule has 2 aromatic carbocycles. The van der Waals surface area contributed by atoms with Crippen molar-refractivity contribution in [3.8, 4) is 5.75 Å². The molecule has 0 saturated heterocycles. The van der Waals surface area contributed by atoms with Gasteiger partial charge in [-0.3, -0.25) is 9.78 Å². The van der Waals surface area contributed by atoms with Crippen LogP contribution in [-0.2, 0) is 27.8 Å². The first-order chi connectivity index (χ1) is 15.0. The number of aromatic nitrogens is 1. The molecular weight excluding hydrogens is 414 g/mol. The molecule has 0 aliphatic carbocycles. The van der Waals surface area contributed by atoms with Crippen LogP contribution in [0.15, 0.2) is 83.9 Å².